The number of nitrogens with one attached hydrogen (secondary N) is 1. The summed E-state index contributed by atoms with van der Waals surface area (Å²) >= 11 is 0. The van der Waals surface area contributed by atoms with Crippen LogP contribution in [0.2, 0.25) is 0 Å². The van der Waals surface area contributed by atoms with Crippen molar-refractivity contribution < 1.29 is 0 Å². The Morgan fingerprint density at radius 3 is 2.52 bits per heavy atom. The topological polar surface area (TPSA) is 52.5 Å². The molecule has 3 nitrogen and oxygen atoms in total. The summed E-state index contributed by atoms with van der Waals surface area (Å²) in [5.41, 5.74) is 7.96. The fourth-order valence-electron chi connectivity index (χ4n) is 4.10. The first-order chi connectivity index (χ1) is 12.3. The number of hydrogen-bond acceptors (Lipinski definition) is 2. The molecule has 0 unspecified atom stereocenters. The summed E-state index contributed by atoms with van der Waals surface area (Å²) in [6.45, 7) is 0. The molecule has 1 aliphatic rings. The first-order valence-corrected chi connectivity index (χ1v) is 8.77. The minimum atomic E-state index is 0.687. The number of hydrogen-bond donors (Lipinski definition) is 1. The van der Waals surface area contributed by atoms with Crippen molar-refractivity contribution >= 4 is 21.8 Å². The molecular weight excluding hydrogens is 306 g/mol. The highest BCUT2D eigenvalue weighted by atomic mass is 14.7. The van der Waals surface area contributed by atoms with E-state index in [-0.39, 0.29) is 0 Å². The molecule has 4 aromatic rings. The monoisotopic (exact) mass is 323 g/mol. The average molecular weight is 323 g/mol. The van der Waals surface area contributed by atoms with Gasteiger partial charge in [0.25, 0.3) is 0 Å². The van der Waals surface area contributed by atoms with E-state index in [1.807, 2.05) is 30.5 Å². The summed E-state index contributed by atoms with van der Waals surface area (Å²) in [5.74, 6) is 0. The third-order valence-electron chi connectivity index (χ3n) is 5.29. The Hall–Kier alpha value is -3.12. The van der Waals surface area contributed by atoms with E-state index >= 15 is 0 Å². The van der Waals surface area contributed by atoms with Crippen LogP contribution in [0.3, 0.4) is 0 Å². The number of aromatic amines is 1. The molecule has 0 bridgehead atoms. The minimum Gasteiger partial charge on any atom is -0.361 e. The third kappa shape index (κ3) is 2.15. The van der Waals surface area contributed by atoms with Gasteiger partial charge in [0.05, 0.1) is 22.8 Å². The van der Waals surface area contributed by atoms with Crippen LogP contribution in [-0.4, -0.2) is 9.97 Å². The van der Waals surface area contributed by atoms with E-state index in [9.17, 15) is 0 Å². The Kier molecular flexibility index (Phi) is 3.11. The van der Waals surface area contributed by atoms with Gasteiger partial charge in [-0.05, 0) is 67.1 Å². The molecule has 5 rings (SSSR count). The van der Waals surface area contributed by atoms with Gasteiger partial charge in [0, 0.05) is 28.0 Å². The van der Waals surface area contributed by atoms with Gasteiger partial charge in [-0.2, -0.15) is 5.26 Å². The van der Waals surface area contributed by atoms with Crippen LogP contribution in [0, 0.1) is 11.3 Å². The predicted molar refractivity (Wildman–Crippen MR) is 100 cm³/mol. The van der Waals surface area contributed by atoms with Gasteiger partial charge in [-0.1, -0.05) is 12.1 Å². The summed E-state index contributed by atoms with van der Waals surface area (Å²) in [5, 5.41) is 11.6. The number of aryl methyl sites for hydroxylation is 1. The van der Waals surface area contributed by atoms with Crippen LogP contribution in [-0.2, 0) is 12.8 Å². The van der Waals surface area contributed by atoms with Crippen LogP contribution in [0.5, 0.6) is 0 Å². The molecule has 0 spiro atoms. The van der Waals surface area contributed by atoms with Crippen molar-refractivity contribution in [2.45, 2.75) is 25.7 Å². The van der Waals surface area contributed by atoms with E-state index in [2.05, 4.69) is 29.3 Å². The zero-order chi connectivity index (χ0) is 16.8. The Morgan fingerprint density at radius 2 is 1.72 bits per heavy atom. The second-order valence-electron chi connectivity index (χ2n) is 6.71. The van der Waals surface area contributed by atoms with Crippen molar-refractivity contribution in [3.05, 3.63) is 65.4 Å². The third-order valence-corrected chi connectivity index (χ3v) is 5.29. The predicted octanol–water partition coefficient (Wildman–Crippen LogP) is 5.13. The lowest BCUT2D eigenvalue weighted by atomic mass is 9.85. The fourth-order valence-corrected chi connectivity index (χ4v) is 4.10. The largest absolute Gasteiger partial charge is 0.361 e. The molecule has 2 heterocycles. The van der Waals surface area contributed by atoms with Crippen LogP contribution < -0.4 is 0 Å². The van der Waals surface area contributed by atoms with Crippen molar-refractivity contribution in [1.82, 2.24) is 9.97 Å². The molecule has 0 atom stereocenters. The van der Waals surface area contributed by atoms with Crippen LogP contribution in [0.4, 0.5) is 0 Å². The van der Waals surface area contributed by atoms with E-state index in [4.69, 9.17) is 10.2 Å². The molecule has 3 heteroatoms. The van der Waals surface area contributed by atoms with Crippen molar-refractivity contribution in [2.24, 2.45) is 0 Å². The number of aromatic nitrogens is 2. The number of H-pyrrole nitrogens is 1. The Bertz CT molecular complexity index is 1140. The summed E-state index contributed by atoms with van der Waals surface area (Å²) in [6.07, 6.45) is 6.65. The van der Waals surface area contributed by atoms with E-state index in [0.717, 1.165) is 29.6 Å². The summed E-state index contributed by atoms with van der Waals surface area (Å²) < 4.78 is 0. The fraction of sp³-hybridized carbons (Fsp3) is 0.182. The first kappa shape index (κ1) is 14.2. The van der Waals surface area contributed by atoms with Gasteiger partial charge >= 0.3 is 0 Å². The molecule has 1 aliphatic carbocycles. The second kappa shape index (κ2) is 5.46. The molecule has 1 N–H and O–H groups in total. The number of nitriles is 1. The Morgan fingerprint density at radius 1 is 0.920 bits per heavy atom. The lowest BCUT2D eigenvalue weighted by molar-refractivity contribution is 0.689. The number of benzene rings is 2. The average Bonchev–Trinajstić information content (AvgIpc) is 3.16. The maximum Gasteiger partial charge on any atom is 0.0991 e. The zero-order valence-corrected chi connectivity index (χ0v) is 13.8. The second-order valence-corrected chi connectivity index (χ2v) is 6.71. The maximum atomic E-state index is 9.04. The van der Waals surface area contributed by atoms with Crippen molar-refractivity contribution in [1.29, 1.82) is 5.26 Å². The molecule has 0 aliphatic heterocycles. The minimum absolute atomic E-state index is 0.687. The van der Waals surface area contributed by atoms with Gasteiger partial charge in [0.2, 0.25) is 0 Å². The highest BCUT2D eigenvalue weighted by molar-refractivity contribution is 6.08. The molecule has 0 saturated carbocycles. The molecule has 25 heavy (non-hydrogen) atoms. The number of pyridine rings is 1. The van der Waals surface area contributed by atoms with E-state index in [1.54, 1.807) is 0 Å². The van der Waals surface area contributed by atoms with Gasteiger partial charge in [-0.3, -0.25) is 0 Å². The quantitative estimate of drug-likeness (QED) is 0.527. The van der Waals surface area contributed by atoms with Crippen molar-refractivity contribution in [3.8, 4) is 17.3 Å². The summed E-state index contributed by atoms with van der Waals surface area (Å²) in [4.78, 5) is 8.37. The maximum absolute atomic E-state index is 9.04. The van der Waals surface area contributed by atoms with E-state index in [0.29, 0.717) is 5.56 Å². The lowest BCUT2D eigenvalue weighted by Gasteiger charge is -2.22. The molecular formula is C22H17N3. The smallest absolute Gasteiger partial charge is 0.0991 e. The van der Waals surface area contributed by atoms with Gasteiger partial charge in [0.1, 0.15) is 0 Å². The number of nitrogens with zero attached hydrogens (tertiary/aromatic N) is 2. The van der Waals surface area contributed by atoms with Crippen molar-refractivity contribution in [3.63, 3.8) is 0 Å². The summed E-state index contributed by atoms with van der Waals surface area (Å²) in [6, 6.07) is 16.4. The molecule has 2 aromatic heterocycles. The highest BCUT2D eigenvalue weighted by Gasteiger charge is 2.20. The van der Waals surface area contributed by atoms with E-state index in [1.165, 1.54) is 40.3 Å². The van der Waals surface area contributed by atoms with Crippen LogP contribution in [0.1, 0.15) is 29.5 Å². The number of rotatable bonds is 1. The normalized spacial score (nSPS) is 13.7. The molecule has 0 fully saturated rings. The molecule has 120 valence electrons. The lowest BCUT2D eigenvalue weighted by Crippen LogP contribution is -2.07. The van der Waals surface area contributed by atoms with E-state index < -0.39 is 0 Å². The van der Waals surface area contributed by atoms with Gasteiger partial charge in [0.15, 0.2) is 0 Å². The van der Waals surface area contributed by atoms with Crippen LogP contribution in [0.25, 0.3) is 33.1 Å². The summed E-state index contributed by atoms with van der Waals surface area (Å²) in [7, 11) is 0. The zero-order valence-electron chi connectivity index (χ0n) is 13.8. The van der Waals surface area contributed by atoms with Crippen LogP contribution >= 0.6 is 0 Å². The van der Waals surface area contributed by atoms with Gasteiger partial charge < -0.3 is 4.98 Å². The van der Waals surface area contributed by atoms with Gasteiger partial charge in [-0.15, -0.1) is 0 Å². The first-order valence-electron chi connectivity index (χ1n) is 8.77. The Labute approximate surface area is 145 Å². The SMILES string of the molecule is N#Cc1ccc(-c2nc3ccc4[nH]ccc4c3c3c2CCCC3)cc1. The standard InChI is InChI=1S/C22H17N3/c23-13-14-5-7-15(8-6-14)22-17-4-2-1-3-16(17)21-18-11-12-24-19(18)9-10-20(21)25-22/h5-12,24H,1-4H2. The van der Waals surface area contributed by atoms with Crippen molar-refractivity contribution in [2.75, 3.05) is 0 Å². The Balaban J connectivity index is 1.85. The number of fused-ring (bicyclic) bond motifs is 5. The highest BCUT2D eigenvalue weighted by Crippen LogP contribution is 2.37. The van der Waals surface area contributed by atoms with Gasteiger partial charge in [-0.25, -0.2) is 4.98 Å². The molecule has 0 saturated heterocycles. The molecule has 2 aromatic carbocycles. The van der Waals surface area contributed by atoms with Crippen LogP contribution in [0.15, 0.2) is 48.7 Å². The molecule has 0 amide bonds. The molecule has 0 radical (unpaired) electrons.